The molecule has 1 N–H and O–H groups in total. The van der Waals surface area contributed by atoms with Crippen molar-refractivity contribution in [1.29, 1.82) is 0 Å². The van der Waals surface area contributed by atoms with Crippen LogP contribution in [0.4, 0.5) is 0 Å². The number of phenols is 1. The Hall–Kier alpha value is -1.96. The van der Waals surface area contributed by atoms with Gasteiger partial charge in [-0.1, -0.05) is 12.1 Å². The zero-order valence-corrected chi connectivity index (χ0v) is 16.0. The molecular formula is C20H29N5O2. The molecule has 1 atom stereocenters. The van der Waals surface area contributed by atoms with Crippen molar-refractivity contribution in [2.24, 2.45) is 7.05 Å². The summed E-state index contributed by atoms with van der Waals surface area (Å²) in [5, 5.41) is 18.7. The van der Waals surface area contributed by atoms with Crippen LogP contribution in [0.1, 0.15) is 36.0 Å². The Balaban J connectivity index is 1.40. The minimum atomic E-state index is 0.335. The van der Waals surface area contributed by atoms with Gasteiger partial charge in [0.2, 0.25) is 0 Å². The van der Waals surface area contributed by atoms with Crippen LogP contribution in [0.5, 0.6) is 5.75 Å². The number of piperidine rings is 1. The second-order valence-corrected chi connectivity index (χ2v) is 7.67. The van der Waals surface area contributed by atoms with Gasteiger partial charge in [0.25, 0.3) is 0 Å². The SMILES string of the molecule is Cn1c(CN2CCOCC2)nnc1[C@@H]1CCCN(Cc2cccc(O)c2)C1. The van der Waals surface area contributed by atoms with Crippen LogP contribution in [0.15, 0.2) is 24.3 Å². The van der Waals surface area contributed by atoms with E-state index in [-0.39, 0.29) is 0 Å². The molecule has 0 bridgehead atoms. The van der Waals surface area contributed by atoms with Crippen LogP contribution in [-0.4, -0.2) is 69.1 Å². The monoisotopic (exact) mass is 371 g/mol. The van der Waals surface area contributed by atoms with E-state index in [4.69, 9.17) is 4.74 Å². The maximum atomic E-state index is 9.69. The zero-order chi connectivity index (χ0) is 18.6. The van der Waals surface area contributed by atoms with Gasteiger partial charge in [-0.25, -0.2) is 0 Å². The van der Waals surface area contributed by atoms with Crippen LogP contribution in [0.3, 0.4) is 0 Å². The number of ether oxygens (including phenoxy) is 1. The van der Waals surface area contributed by atoms with E-state index in [9.17, 15) is 5.11 Å². The van der Waals surface area contributed by atoms with E-state index in [1.807, 2.05) is 12.1 Å². The second kappa shape index (κ2) is 8.37. The lowest BCUT2D eigenvalue weighted by atomic mass is 9.96. The predicted molar refractivity (Wildman–Crippen MR) is 102 cm³/mol. The third kappa shape index (κ3) is 4.48. The highest BCUT2D eigenvalue weighted by Crippen LogP contribution is 2.27. The summed E-state index contributed by atoms with van der Waals surface area (Å²) in [6, 6.07) is 7.56. The Labute approximate surface area is 160 Å². The molecule has 1 aromatic carbocycles. The number of phenolic OH excluding ortho intramolecular Hbond substituents is 1. The summed E-state index contributed by atoms with van der Waals surface area (Å²) in [6.07, 6.45) is 2.31. The molecular weight excluding hydrogens is 342 g/mol. The Morgan fingerprint density at radius 3 is 2.78 bits per heavy atom. The van der Waals surface area contributed by atoms with E-state index in [2.05, 4.69) is 37.7 Å². The maximum absolute atomic E-state index is 9.69. The molecule has 0 unspecified atom stereocenters. The number of hydrogen-bond acceptors (Lipinski definition) is 6. The van der Waals surface area contributed by atoms with Gasteiger partial charge in [0.1, 0.15) is 17.4 Å². The predicted octanol–water partition coefficient (Wildman–Crippen LogP) is 1.73. The van der Waals surface area contributed by atoms with Crippen molar-refractivity contribution in [3.05, 3.63) is 41.5 Å². The van der Waals surface area contributed by atoms with E-state index < -0.39 is 0 Å². The normalized spacial score (nSPS) is 22.2. The summed E-state index contributed by atoms with van der Waals surface area (Å²) in [5.74, 6) is 2.88. The summed E-state index contributed by atoms with van der Waals surface area (Å²) >= 11 is 0. The first kappa shape index (κ1) is 18.4. The van der Waals surface area contributed by atoms with Crippen molar-refractivity contribution in [2.45, 2.75) is 31.8 Å². The van der Waals surface area contributed by atoms with Crippen molar-refractivity contribution in [3.63, 3.8) is 0 Å². The molecule has 0 amide bonds. The number of likely N-dealkylation sites (tertiary alicyclic amines) is 1. The second-order valence-electron chi connectivity index (χ2n) is 7.67. The quantitative estimate of drug-likeness (QED) is 0.864. The van der Waals surface area contributed by atoms with E-state index in [1.165, 1.54) is 0 Å². The Morgan fingerprint density at radius 2 is 1.96 bits per heavy atom. The standard InChI is InChI=1S/C20H29N5O2/c1-23-19(15-24-8-10-27-11-9-24)21-22-20(23)17-5-3-7-25(14-17)13-16-4-2-6-18(26)12-16/h2,4,6,12,17,26H,3,5,7-11,13-15H2,1H3/t17-/m1/s1. The summed E-state index contributed by atoms with van der Waals surface area (Å²) in [6.45, 7) is 7.31. The lowest BCUT2D eigenvalue weighted by Gasteiger charge is -2.32. The lowest BCUT2D eigenvalue weighted by Crippen LogP contribution is -2.36. The van der Waals surface area contributed by atoms with Gasteiger partial charge in [-0.2, -0.15) is 0 Å². The van der Waals surface area contributed by atoms with Crippen LogP contribution in [0, 0.1) is 0 Å². The Kier molecular flexibility index (Phi) is 5.71. The molecule has 2 aliphatic heterocycles. The van der Waals surface area contributed by atoms with Gasteiger partial charge in [0, 0.05) is 39.1 Å². The highest BCUT2D eigenvalue weighted by Gasteiger charge is 2.26. The molecule has 7 nitrogen and oxygen atoms in total. The molecule has 0 saturated carbocycles. The van der Waals surface area contributed by atoms with E-state index >= 15 is 0 Å². The largest absolute Gasteiger partial charge is 0.508 e. The molecule has 4 rings (SSSR count). The van der Waals surface area contributed by atoms with E-state index in [0.29, 0.717) is 11.7 Å². The molecule has 2 fully saturated rings. The zero-order valence-electron chi connectivity index (χ0n) is 16.0. The topological polar surface area (TPSA) is 66.7 Å². The number of hydrogen-bond donors (Lipinski definition) is 1. The first-order chi connectivity index (χ1) is 13.2. The highest BCUT2D eigenvalue weighted by atomic mass is 16.5. The molecule has 0 aliphatic carbocycles. The van der Waals surface area contributed by atoms with Crippen LogP contribution >= 0.6 is 0 Å². The van der Waals surface area contributed by atoms with Crippen molar-refractivity contribution in [2.75, 3.05) is 39.4 Å². The number of morpholine rings is 1. The Bertz CT molecular complexity index is 757. The summed E-state index contributed by atoms with van der Waals surface area (Å²) in [5.41, 5.74) is 1.15. The van der Waals surface area contributed by atoms with Gasteiger partial charge in [-0.05, 0) is 37.1 Å². The van der Waals surface area contributed by atoms with E-state index in [1.54, 1.807) is 6.07 Å². The average molecular weight is 371 g/mol. The van der Waals surface area contributed by atoms with Gasteiger partial charge in [-0.3, -0.25) is 9.80 Å². The summed E-state index contributed by atoms with van der Waals surface area (Å²) in [4.78, 5) is 4.84. The third-order valence-electron chi connectivity index (χ3n) is 5.65. The summed E-state index contributed by atoms with van der Waals surface area (Å²) < 4.78 is 7.62. The van der Waals surface area contributed by atoms with Crippen LogP contribution in [-0.2, 0) is 24.9 Å². The highest BCUT2D eigenvalue weighted by molar-refractivity contribution is 5.27. The van der Waals surface area contributed by atoms with Gasteiger partial charge in [0.05, 0.1) is 19.8 Å². The van der Waals surface area contributed by atoms with Crippen molar-refractivity contribution >= 4 is 0 Å². The number of aromatic nitrogens is 3. The fourth-order valence-corrected chi connectivity index (χ4v) is 4.15. The molecule has 1 aromatic heterocycles. The third-order valence-corrected chi connectivity index (χ3v) is 5.65. The first-order valence-corrected chi connectivity index (χ1v) is 9.87. The average Bonchev–Trinajstić information content (AvgIpc) is 3.03. The molecule has 0 radical (unpaired) electrons. The number of nitrogens with zero attached hydrogens (tertiary/aromatic N) is 5. The van der Waals surface area contributed by atoms with Gasteiger partial charge >= 0.3 is 0 Å². The lowest BCUT2D eigenvalue weighted by molar-refractivity contribution is 0.0326. The van der Waals surface area contributed by atoms with Gasteiger partial charge in [-0.15, -0.1) is 10.2 Å². The molecule has 146 valence electrons. The summed E-state index contributed by atoms with van der Waals surface area (Å²) in [7, 11) is 2.10. The van der Waals surface area contributed by atoms with Crippen molar-refractivity contribution in [1.82, 2.24) is 24.6 Å². The Morgan fingerprint density at radius 1 is 1.11 bits per heavy atom. The van der Waals surface area contributed by atoms with Crippen LogP contribution in [0.25, 0.3) is 0 Å². The molecule has 7 heteroatoms. The molecule has 2 aliphatic rings. The first-order valence-electron chi connectivity index (χ1n) is 9.87. The van der Waals surface area contributed by atoms with E-state index in [0.717, 1.165) is 82.5 Å². The number of rotatable bonds is 5. The van der Waals surface area contributed by atoms with Crippen molar-refractivity contribution < 1.29 is 9.84 Å². The molecule has 27 heavy (non-hydrogen) atoms. The maximum Gasteiger partial charge on any atom is 0.146 e. The van der Waals surface area contributed by atoms with Gasteiger partial charge in [0.15, 0.2) is 0 Å². The molecule has 0 spiro atoms. The van der Waals surface area contributed by atoms with Crippen LogP contribution < -0.4 is 0 Å². The minimum Gasteiger partial charge on any atom is -0.508 e. The smallest absolute Gasteiger partial charge is 0.146 e. The minimum absolute atomic E-state index is 0.335. The molecule has 2 aromatic rings. The fraction of sp³-hybridized carbons (Fsp3) is 0.600. The number of benzene rings is 1. The fourth-order valence-electron chi connectivity index (χ4n) is 4.15. The number of aromatic hydroxyl groups is 1. The van der Waals surface area contributed by atoms with Gasteiger partial charge < -0.3 is 14.4 Å². The molecule has 2 saturated heterocycles. The van der Waals surface area contributed by atoms with Crippen molar-refractivity contribution in [3.8, 4) is 5.75 Å². The van der Waals surface area contributed by atoms with Crippen LogP contribution in [0.2, 0.25) is 0 Å². The molecule has 3 heterocycles.